The fourth-order valence-electron chi connectivity index (χ4n) is 7.28. The van der Waals surface area contributed by atoms with Gasteiger partial charge in [-0.15, -0.1) is 0 Å². The second-order valence-electron chi connectivity index (χ2n) is 22.3. The Morgan fingerprint density at radius 1 is 0.300 bits per heavy atom. The molecule has 0 aliphatic carbocycles. The molecule has 384 valence electrons. The number of benzene rings is 6. The van der Waals surface area contributed by atoms with Crippen LogP contribution >= 0.6 is 0 Å². The van der Waals surface area contributed by atoms with E-state index in [0.717, 1.165) is 44.5 Å². The Morgan fingerprint density at radius 2 is 0.671 bits per heavy atom. The Bertz CT molecular complexity index is 2580. The van der Waals surface area contributed by atoms with Crippen molar-refractivity contribution in [3.8, 4) is 0 Å². The van der Waals surface area contributed by atoms with Crippen LogP contribution in [0.3, 0.4) is 0 Å². The Kier molecular flexibility index (Phi) is 22.8. The summed E-state index contributed by atoms with van der Waals surface area (Å²) in [5.41, 5.74) is 17.6. The molecule has 0 fully saturated rings. The van der Waals surface area contributed by atoms with Crippen molar-refractivity contribution in [2.75, 3.05) is 0 Å². The molecule has 6 rings (SSSR count). The van der Waals surface area contributed by atoms with Crippen molar-refractivity contribution in [3.05, 3.63) is 211 Å². The van der Waals surface area contributed by atoms with Crippen LogP contribution in [0.5, 0.6) is 0 Å². The molecule has 6 aromatic carbocycles. The molecule has 0 heteroatoms. The highest BCUT2D eigenvalue weighted by molar-refractivity contribution is 5.36. The van der Waals surface area contributed by atoms with E-state index in [1.165, 1.54) is 38.9 Å². The first-order valence-electron chi connectivity index (χ1n) is 29.1. The largest absolute Gasteiger partial charge is 0.0620 e. The van der Waals surface area contributed by atoms with Crippen LogP contribution in [0.25, 0.3) is 0 Å². The molecule has 0 aromatic heterocycles. The highest BCUT2D eigenvalue weighted by Crippen LogP contribution is 2.28. The molecule has 0 bridgehead atoms. The lowest BCUT2D eigenvalue weighted by atomic mass is 9.84. The molecule has 0 saturated carbocycles. The lowest BCUT2D eigenvalue weighted by molar-refractivity contribution is 0.588. The third kappa shape index (κ3) is 24.4. The van der Waals surface area contributed by atoms with Gasteiger partial charge in [-0.2, -0.15) is 0 Å². The Balaban J connectivity index is 0.000000464. The quantitative estimate of drug-likeness (QED) is 0.143. The summed E-state index contributed by atoms with van der Waals surface area (Å²) in [6.45, 7) is 50.1. The fourth-order valence-corrected chi connectivity index (χ4v) is 7.28. The van der Waals surface area contributed by atoms with E-state index in [-0.39, 0.29) is 5.41 Å². The van der Waals surface area contributed by atoms with Gasteiger partial charge in [-0.1, -0.05) is 287 Å². The maximum absolute atomic E-state index is 8.07. The topological polar surface area (TPSA) is 0 Å². The second kappa shape index (κ2) is 30.9. The van der Waals surface area contributed by atoms with E-state index in [1.807, 2.05) is 190 Å². The van der Waals surface area contributed by atoms with E-state index in [4.69, 9.17) is 9.60 Å². The van der Waals surface area contributed by atoms with Crippen LogP contribution in [-0.2, 0) is 5.41 Å². The summed E-state index contributed by atoms with van der Waals surface area (Å²) in [4.78, 5) is 0. The SMILES string of the molecule is [2H]C(C)(C)c1cc(C)cc(C(C)(C)C)c1.[2H]C(C)(C)c1cc(C)cc(C(C)C)c1.[2H]C(C)(C)c1cc(C)cc(C([2H])(C)C)c1.[2H]C(C)(C)c1ccc(C)cc1.[2H]C(C)(C)c1cccc(C)c1.[2H]C(C)(C)c1ccccc1C. The average Bonchev–Trinajstić information content (AvgIpc) is 3.25. The van der Waals surface area contributed by atoms with E-state index in [0.29, 0.717) is 5.92 Å². The summed E-state index contributed by atoms with van der Waals surface area (Å²) in [7, 11) is 0. The lowest BCUT2D eigenvalue weighted by Gasteiger charge is -2.21. The standard InChI is InChI=1S/C14H22.2C13H20.3C10H14/c1-10(2)12-7-11(3)8-13(9-12)14(4,5)6;2*1-9(2)12-6-11(5)7-13(8-12)10(3)4;1-8(2)10-6-4-9(3)5-7-10;1-8(2)10-6-4-5-9(3)7-10;1-8(2)10-7-5-4-6-9(10)3/h7-10H,1-6H3;2*6-10H,1-5H3;3*4-8H,1-3H3/i10D;9D,10D;9D;3*8D. The molecule has 6 aromatic rings. The molecule has 0 unspecified atom stereocenters. The maximum Gasteiger partial charge on any atom is 0.0347 e. The smallest absolute Gasteiger partial charge is 0.0347 e. The summed E-state index contributed by atoms with van der Waals surface area (Å²) < 4.78 is 55.4. The molecule has 0 radical (unpaired) electrons. The first-order valence-corrected chi connectivity index (χ1v) is 25.6. The Hall–Kier alpha value is -4.68. The van der Waals surface area contributed by atoms with E-state index in [2.05, 4.69) is 111 Å². The highest BCUT2D eigenvalue weighted by Gasteiger charge is 2.15. The molecule has 0 saturated heterocycles. The van der Waals surface area contributed by atoms with Crippen molar-refractivity contribution in [1.29, 1.82) is 0 Å². The number of hydrogen-bond acceptors (Lipinski definition) is 0. The van der Waals surface area contributed by atoms with Crippen molar-refractivity contribution in [1.82, 2.24) is 0 Å². The van der Waals surface area contributed by atoms with E-state index >= 15 is 0 Å². The van der Waals surface area contributed by atoms with Gasteiger partial charge in [0, 0.05) is 9.60 Å². The number of rotatable bonds is 8. The van der Waals surface area contributed by atoms with E-state index < -0.39 is 41.3 Å². The molecule has 0 nitrogen and oxygen atoms in total. The molecule has 0 amide bonds. The van der Waals surface area contributed by atoms with Crippen LogP contribution in [0.1, 0.15) is 272 Å². The fraction of sp³-hybridized carbons (Fsp3) is 0.486. The Labute approximate surface area is 444 Å². The van der Waals surface area contributed by atoms with Crippen LogP contribution in [-0.4, -0.2) is 0 Å². The maximum atomic E-state index is 8.07. The van der Waals surface area contributed by atoms with Gasteiger partial charge >= 0.3 is 0 Å². The highest BCUT2D eigenvalue weighted by atomic mass is 14.2. The lowest BCUT2D eigenvalue weighted by Crippen LogP contribution is -2.12. The van der Waals surface area contributed by atoms with Crippen LogP contribution in [0.2, 0.25) is 0 Å². The number of hydrogen-bond donors (Lipinski definition) is 0. The molecule has 0 aliphatic heterocycles. The summed E-state index contributed by atoms with van der Waals surface area (Å²) in [5.74, 6) is -3.04. The van der Waals surface area contributed by atoms with Gasteiger partial charge in [0.25, 0.3) is 0 Å². The van der Waals surface area contributed by atoms with Gasteiger partial charge in [0.05, 0.1) is 0 Å². The minimum absolute atomic E-state index is 0.159. The van der Waals surface area contributed by atoms with Gasteiger partial charge < -0.3 is 0 Å². The predicted molar refractivity (Wildman–Crippen MR) is 318 cm³/mol. The molecule has 0 aliphatic rings. The van der Waals surface area contributed by atoms with Gasteiger partial charge in [0.2, 0.25) is 0 Å². The zero-order valence-corrected chi connectivity index (χ0v) is 49.2. The van der Waals surface area contributed by atoms with Crippen LogP contribution in [0.15, 0.2) is 127 Å². The molecular formula is C70H104. The van der Waals surface area contributed by atoms with Gasteiger partial charge in [-0.3, -0.25) is 0 Å². The van der Waals surface area contributed by atoms with Crippen LogP contribution < -0.4 is 0 Å². The summed E-state index contributed by atoms with van der Waals surface area (Å²) in [6.07, 6.45) is 0. The van der Waals surface area contributed by atoms with Crippen molar-refractivity contribution in [2.45, 2.75) is 226 Å². The summed E-state index contributed by atoms with van der Waals surface area (Å²) in [6, 6.07) is 43.3. The molecule has 70 heavy (non-hydrogen) atoms. The minimum atomic E-state index is -0.591. The van der Waals surface area contributed by atoms with Gasteiger partial charge in [-0.25, -0.2) is 0 Å². The molecule has 0 atom stereocenters. The molecule has 0 N–H and O–H groups in total. The summed E-state index contributed by atoms with van der Waals surface area (Å²) >= 11 is 0. The molecule has 0 spiro atoms. The Morgan fingerprint density at radius 3 is 1.01 bits per heavy atom. The van der Waals surface area contributed by atoms with Gasteiger partial charge in [0.15, 0.2) is 0 Å². The molecular weight excluding hydrogens is 841 g/mol. The van der Waals surface area contributed by atoms with Crippen molar-refractivity contribution in [2.24, 2.45) is 0 Å². The summed E-state index contributed by atoms with van der Waals surface area (Å²) in [5, 5.41) is 0. The second-order valence-corrected chi connectivity index (χ2v) is 22.3. The van der Waals surface area contributed by atoms with Crippen molar-refractivity contribution < 1.29 is 9.60 Å². The van der Waals surface area contributed by atoms with Crippen molar-refractivity contribution >= 4 is 0 Å². The molecule has 0 heterocycles. The number of aryl methyl sites for hydroxylation is 6. The minimum Gasteiger partial charge on any atom is -0.0620 e. The first-order chi connectivity index (χ1) is 34.5. The first kappa shape index (κ1) is 51.7. The van der Waals surface area contributed by atoms with E-state index in [9.17, 15) is 0 Å². The average molecular weight is 953 g/mol. The third-order valence-corrected chi connectivity index (χ3v) is 12.0. The van der Waals surface area contributed by atoms with E-state index in [1.54, 1.807) is 0 Å². The van der Waals surface area contributed by atoms with Crippen LogP contribution in [0, 0.1) is 41.5 Å². The predicted octanol–water partition coefficient (Wildman–Crippen LogP) is 22.3. The third-order valence-electron chi connectivity index (χ3n) is 12.0. The monoisotopic (exact) mass is 952 g/mol. The van der Waals surface area contributed by atoms with Crippen molar-refractivity contribution in [3.63, 3.8) is 0 Å². The van der Waals surface area contributed by atoms with Crippen LogP contribution in [0.4, 0.5) is 0 Å². The van der Waals surface area contributed by atoms with Gasteiger partial charge in [-0.05, 0) is 150 Å². The zero-order valence-electron chi connectivity index (χ0n) is 56.2. The zero-order chi connectivity index (χ0) is 60.1. The normalized spacial score (nSPS) is 13.6. The van der Waals surface area contributed by atoms with Gasteiger partial charge in [0.1, 0.15) is 0 Å².